The van der Waals surface area contributed by atoms with Crippen LogP contribution in [0.3, 0.4) is 0 Å². The van der Waals surface area contributed by atoms with Gasteiger partial charge in [-0.3, -0.25) is 54.6 Å². The summed E-state index contributed by atoms with van der Waals surface area (Å²) in [5.74, 6) is 0. The maximum absolute atomic E-state index is 12.3. The Morgan fingerprint density at radius 1 is 0.280 bits per heavy atom. The van der Waals surface area contributed by atoms with Crippen LogP contribution >= 0.6 is 0 Å². The van der Waals surface area contributed by atoms with Crippen LogP contribution in [0.15, 0.2) is 0 Å². The van der Waals surface area contributed by atoms with Crippen LogP contribution in [-0.2, 0) is 194 Å². The molecule has 2 fully saturated rings. The lowest BCUT2D eigenvalue weighted by atomic mass is 9.99. The fourth-order valence-electron chi connectivity index (χ4n) is 6.08. The third-order valence-corrected chi connectivity index (χ3v) is 13.8. The Morgan fingerprint density at radius 3 is 0.707 bits per heavy atom. The van der Waals surface area contributed by atoms with Gasteiger partial charge in [0.05, 0.1) is 26.4 Å². The molecule has 0 aromatic carbocycles. The molecule has 2 rings (SSSR count). The highest BCUT2D eigenvalue weighted by Gasteiger charge is 2.57. The van der Waals surface area contributed by atoms with E-state index in [9.17, 15) is 147 Å². The first-order valence-electron chi connectivity index (χ1n) is 18.4. The molecule has 0 bridgehead atoms. The van der Waals surface area contributed by atoms with E-state index in [1.165, 1.54) is 0 Å². The minimum Gasteiger partial charge on any atom is -0.347 e. The van der Waals surface area contributed by atoms with Crippen LogP contribution in [0.2, 0.25) is 0 Å². The van der Waals surface area contributed by atoms with E-state index >= 15 is 0 Å². The Kier molecular flexibility index (Phi) is 25.9. The van der Waals surface area contributed by atoms with Crippen LogP contribution in [0, 0.1) is 0 Å². The van der Waals surface area contributed by atoms with Gasteiger partial charge in [0.25, 0.3) is 0 Å². The molecule has 2 aliphatic heterocycles. The van der Waals surface area contributed by atoms with E-state index in [1.807, 2.05) is 0 Å². The monoisotopic (exact) mass is 1470 g/mol. The zero-order valence-corrected chi connectivity index (χ0v) is 47.3. The van der Waals surface area contributed by atoms with Crippen molar-refractivity contribution < 1.29 is 225 Å². The first kappa shape index (κ1) is 76.4. The van der Waals surface area contributed by atoms with E-state index in [0.29, 0.717) is 0 Å². The molecule has 2 saturated heterocycles. The van der Waals surface area contributed by atoms with Gasteiger partial charge in [0, 0.05) is 0 Å². The van der Waals surface area contributed by atoms with Crippen molar-refractivity contribution in [2.24, 2.45) is 0 Å². The fraction of sp³-hybridized carbons (Fsp3) is 1.00. The number of ether oxygens (including phenoxy) is 4. The van der Waals surface area contributed by atoms with Crippen LogP contribution in [0.5, 0.6) is 0 Å². The Balaban J connectivity index is 3.14. The topological polar surface area (TPSA) is 800 Å². The predicted molar refractivity (Wildman–Crippen MR) is 228 cm³/mol. The maximum Gasteiger partial charge on any atom is 0.397 e. The Hall–Kier alpha value is -1.72. The Labute approximate surface area is 459 Å². The van der Waals surface area contributed by atoms with Crippen LogP contribution in [0.4, 0.5) is 0 Å². The zero-order chi connectivity index (χ0) is 64.2. The molecule has 490 valence electrons. The quantitative estimate of drug-likeness (QED) is 0.0262. The number of hydrogen-bond acceptors (Lipinski definition) is 40. The second-order valence-electron chi connectivity index (χ2n) is 14.2. The molecule has 2 heterocycles. The van der Waals surface area contributed by atoms with Crippen molar-refractivity contribution in [2.45, 2.75) is 85.8 Å². The van der Waals surface area contributed by atoms with Gasteiger partial charge in [0.1, 0.15) is 61.0 Å². The molecule has 0 aromatic heterocycles. The molecule has 2 aliphatic rings. The number of rotatable bonds is 35. The molecular formula is C18H34O52S12. The lowest BCUT2D eigenvalue weighted by Gasteiger charge is -2.43. The molecular weight excluding hydrogens is 1430 g/mol. The summed E-state index contributed by atoms with van der Waals surface area (Å²) in [4.78, 5) is 0. The van der Waals surface area contributed by atoms with Crippen molar-refractivity contribution in [3.05, 3.63) is 0 Å². The molecule has 0 aliphatic carbocycles. The molecule has 14 atom stereocenters. The van der Waals surface area contributed by atoms with Gasteiger partial charge >= 0.3 is 125 Å². The van der Waals surface area contributed by atoms with Crippen molar-refractivity contribution in [3.8, 4) is 0 Å². The van der Waals surface area contributed by atoms with E-state index in [2.05, 4.69) is 50.2 Å². The first-order valence-corrected chi connectivity index (χ1v) is 34.8. The van der Waals surface area contributed by atoms with Crippen molar-refractivity contribution >= 4 is 125 Å². The van der Waals surface area contributed by atoms with E-state index < -0.39 is 237 Å². The van der Waals surface area contributed by atoms with Gasteiger partial charge in [-0.1, -0.05) is 0 Å². The summed E-state index contributed by atoms with van der Waals surface area (Å²) in [5.41, 5.74) is 0. The van der Waals surface area contributed by atoms with E-state index in [1.54, 1.807) is 0 Å². The van der Waals surface area contributed by atoms with Gasteiger partial charge in [0.15, 0.2) is 24.8 Å². The lowest BCUT2D eigenvalue weighted by molar-refractivity contribution is -0.294. The van der Waals surface area contributed by atoms with Crippen molar-refractivity contribution in [1.82, 2.24) is 0 Å². The minimum absolute atomic E-state index is 2.09. The van der Waals surface area contributed by atoms with E-state index in [0.717, 1.165) is 0 Å². The Bertz CT molecular complexity index is 3390. The molecule has 0 saturated carbocycles. The molecule has 64 heteroatoms. The van der Waals surface area contributed by atoms with Gasteiger partial charge in [-0.25, -0.2) is 50.2 Å². The summed E-state index contributed by atoms with van der Waals surface area (Å²) in [6, 6.07) is 0. The third kappa shape index (κ3) is 31.3. The van der Waals surface area contributed by atoms with Crippen LogP contribution in [0.25, 0.3) is 0 Å². The minimum atomic E-state index is -6.76. The second-order valence-corrected chi connectivity index (χ2v) is 26.9. The highest BCUT2D eigenvalue weighted by molar-refractivity contribution is 7.83. The van der Waals surface area contributed by atoms with Crippen LogP contribution in [-0.4, -0.2) is 268 Å². The fourth-order valence-corrected chi connectivity index (χ4v) is 11.7. The van der Waals surface area contributed by atoms with E-state index in [-0.39, 0.29) is 0 Å². The summed E-state index contributed by atoms with van der Waals surface area (Å²) in [5, 5.41) is 0. The average Bonchev–Trinajstić information content (AvgIpc) is 3.16. The Morgan fingerprint density at radius 2 is 0.500 bits per heavy atom. The smallest absolute Gasteiger partial charge is 0.347 e. The summed E-state index contributed by atoms with van der Waals surface area (Å²) in [6.45, 7) is -9.34. The molecule has 82 heavy (non-hydrogen) atoms. The first-order chi connectivity index (χ1) is 36.1. The summed E-state index contributed by atoms with van der Waals surface area (Å²) in [7, 11) is -76.5. The summed E-state index contributed by atoms with van der Waals surface area (Å²) >= 11 is 0. The maximum atomic E-state index is 12.3. The van der Waals surface area contributed by atoms with Gasteiger partial charge in [0.2, 0.25) is 0 Å². The highest BCUT2D eigenvalue weighted by atomic mass is 32.3. The van der Waals surface area contributed by atoms with E-state index in [4.69, 9.17) is 28.1 Å². The predicted octanol–water partition coefficient (Wildman–Crippen LogP) is -10.0. The summed E-state index contributed by atoms with van der Waals surface area (Å²) < 4.78 is 467. The average molecular weight is 1470 g/mol. The van der Waals surface area contributed by atoms with Crippen molar-refractivity contribution in [2.75, 3.05) is 26.4 Å². The van der Waals surface area contributed by atoms with Gasteiger partial charge in [-0.2, -0.15) is 101 Å². The molecule has 52 nitrogen and oxygen atoms in total. The largest absolute Gasteiger partial charge is 0.397 e. The normalized spacial score (nSPS) is 27.1. The molecule has 0 amide bonds. The molecule has 0 unspecified atom stereocenters. The molecule has 12 N–H and O–H groups in total. The SMILES string of the molecule is O=S(=O)(O)OC[C@H]1O[C@@H](OC[C@H](OS(=O)(=O)O)[C@@H](OS(=O)(=O)O)[C@@H](OS(=O)(=O)O)[C@@H](CO[C@@H]2O[C@H](COS(=O)(=O)O)[C@@H](OS(=O)(=O)O)[C@H](OS(=O)(=O)O)[C@H]2OS(=O)(=O)O)OS(=O)(=O)O)[C@H](OS(=O)(=O)O)[C@@H](OS(=O)(=O)O)[C@@H]1OS(=O)(=O)O. The third-order valence-electron chi connectivity index (χ3n) is 8.20. The van der Waals surface area contributed by atoms with Gasteiger partial charge in [-0.15, -0.1) is 0 Å². The highest BCUT2D eigenvalue weighted by Crippen LogP contribution is 2.35. The van der Waals surface area contributed by atoms with Gasteiger partial charge < -0.3 is 18.9 Å². The van der Waals surface area contributed by atoms with Crippen molar-refractivity contribution in [1.29, 1.82) is 0 Å². The van der Waals surface area contributed by atoms with Crippen LogP contribution < -0.4 is 0 Å². The summed E-state index contributed by atoms with van der Waals surface area (Å²) in [6.07, 6.45) is -50.0. The lowest BCUT2D eigenvalue weighted by Crippen LogP contribution is -2.64. The number of hydrogen-bond donors (Lipinski definition) is 12. The standard InChI is InChI=1S/C18H34O52S12/c19-71(20,21)57-3-5-9(63-75(31,32)33)13(67-79(43,44)45)15(69-81(49,50)51)17(59-5)55-1-7(61-73(25,26)27)11(65-77(37,38)39)12(66-78(40,41)42)8(62-74(28,29)30)2-56-18-16(70-82(52,53)54)14(68-80(46,47)48)10(64-76(34,35)36)6(60-18)4-58-72(22,23)24/h5-18H,1-4H2,(H,19,20,21)(H,22,23,24)(H,25,26,27)(H,28,29,30)(H,31,32,33)(H,34,35,36)(H,37,38,39)(H,40,41,42)(H,43,44,45)(H,46,47,48)(H,49,50,51)(H,52,53,54)/t5-,6-,7-,8+,9-,10-,11+,12-,13+,14+,15-,16-,17-,18-/m1/s1. The van der Waals surface area contributed by atoms with Gasteiger partial charge in [-0.05, 0) is 0 Å². The van der Waals surface area contributed by atoms with Crippen LogP contribution in [0.1, 0.15) is 0 Å². The second kappa shape index (κ2) is 27.8. The molecule has 0 radical (unpaired) electrons. The molecule has 0 spiro atoms. The zero-order valence-electron chi connectivity index (χ0n) is 37.5. The van der Waals surface area contributed by atoms with Crippen molar-refractivity contribution in [3.63, 3.8) is 0 Å². The molecule has 0 aromatic rings.